The average Bonchev–Trinajstić information content (AvgIpc) is 2.78. The van der Waals surface area contributed by atoms with Gasteiger partial charge in [0.05, 0.1) is 17.8 Å². The van der Waals surface area contributed by atoms with Crippen LogP contribution in [0.3, 0.4) is 0 Å². The lowest BCUT2D eigenvalue weighted by Gasteiger charge is -2.25. The number of sulfone groups is 1. The summed E-state index contributed by atoms with van der Waals surface area (Å²) in [6.45, 7) is 7.06. The molecule has 0 fully saturated rings. The fourth-order valence-corrected chi connectivity index (χ4v) is 2.13. The van der Waals surface area contributed by atoms with Crippen molar-refractivity contribution in [1.29, 1.82) is 0 Å². The van der Waals surface area contributed by atoms with Crippen LogP contribution in [0.4, 0.5) is 0 Å². The van der Waals surface area contributed by atoms with Crippen LogP contribution in [-0.2, 0) is 23.4 Å². The minimum absolute atomic E-state index is 0. The standard InChI is InChI=1S/C15H28N4O2S.HI/c1-7-16-14(17-12-15(2,3)22(6,20)21)19(5)11-13-9-8-10-18(13)4;/h8-10H,7,11-12H2,1-6H3,(H,16,17);1H. The number of aryl methyl sites for hydroxylation is 1. The van der Waals surface area contributed by atoms with Gasteiger partial charge in [0, 0.05) is 38.8 Å². The highest BCUT2D eigenvalue weighted by Crippen LogP contribution is 2.15. The number of nitrogens with one attached hydrogen (secondary N) is 1. The van der Waals surface area contributed by atoms with Crippen molar-refractivity contribution >= 4 is 39.8 Å². The van der Waals surface area contributed by atoms with Gasteiger partial charge in [-0.2, -0.15) is 0 Å². The Labute approximate surface area is 157 Å². The quantitative estimate of drug-likeness (QED) is 0.403. The topological polar surface area (TPSA) is 66.7 Å². The van der Waals surface area contributed by atoms with Crippen molar-refractivity contribution in [3.05, 3.63) is 24.0 Å². The molecule has 0 bridgehead atoms. The van der Waals surface area contributed by atoms with Crippen LogP contribution >= 0.6 is 24.0 Å². The maximum atomic E-state index is 11.8. The highest BCUT2D eigenvalue weighted by Gasteiger charge is 2.30. The van der Waals surface area contributed by atoms with Gasteiger partial charge >= 0.3 is 0 Å². The van der Waals surface area contributed by atoms with E-state index in [9.17, 15) is 8.42 Å². The van der Waals surface area contributed by atoms with E-state index in [0.29, 0.717) is 12.5 Å². The Morgan fingerprint density at radius 1 is 1.43 bits per heavy atom. The number of aromatic nitrogens is 1. The minimum atomic E-state index is -3.15. The lowest BCUT2D eigenvalue weighted by atomic mass is 10.2. The van der Waals surface area contributed by atoms with Crippen LogP contribution in [0.5, 0.6) is 0 Å². The van der Waals surface area contributed by atoms with Gasteiger partial charge in [-0.25, -0.2) is 8.42 Å². The first-order valence-electron chi connectivity index (χ1n) is 7.37. The third-order valence-corrected chi connectivity index (χ3v) is 5.90. The van der Waals surface area contributed by atoms with E-state index >= 15 is 0 Å². The number of aliphatic imine (C=N–C) groups is 1. The lowest BCUT2D eigenvalue weighted by Crippen LogP contribution is -2.41. The van der Waals surface area contributed by atoms with Crippen molar-refractivity contribution < 1.29 is 8.42 Å². The van der Waals surface area contributed by atoms with Gasteiger partial charge < -0.3 is 14.8 Å². The number of guanidine groups is 1. The first-order valence-corrected chi connectivity index (χ1v) is 9.27. The van der Waals surface area contributed by atoms with Gasteiger partial charge in [-0.3, -0.25) is 4.99 Å². The number of hydrogen-bond donors (Lipinski definition) is 1. The van der Waals surface area contributed by atoms with Crippen LogP contribution < -0.4 is 5.32 Å². The predicted octanol–water partition coefficient (Wildman–Crippen LogP) is 1.86. The summed E-state index contributed by atoms with van der Waals surface area (Å²) in [6, 6.07) is 4.06. The monoisotopic (exact) mass is 456 g/mol. The fraction of sp³-hybridized carbons (Fsp3) is 0.667. The van der Waals surface area contributed by atoms with E-state index in [1.165, 1.54) is 6.26 Å². The van der Waals surface area contributed by atoms with Gasteiger partial charge in [0.15, 0.2) is 15.8 Å². The third kappa shape index (κ3) is 6.33. The Morgan fingerprint density at radius 3 is 2.48 bits per heavy atom. The highest BCUT2D eigenvalue weighted by atomic mass is 127. The van der Waals surface area contributed by atoms with Crippen molar-refractivity contribution in [3.63, 3.8) is 0 Å². The van der Waals surface area contributed by atoms with Gasteiger partial charge in [0.25, 0.3) is 0 Å². The molecule has 0 aliphatic rings. The van der Waals surface area contributed by atoms with Crippen molar-refractivity contribution in [1.82, 2.24) is 14.8 Å². The van der Waals surface area contributed by atoms with Crippen LogP contribution in [0.15, 0.2) is 23.3 Å². The molecule has 1 aromatic heterocycles. The fourth-order valence-electron chi connectivity index (χ4n) is 1.83. The van der Waals surface area contributed by atoms with E-state index in [1.807, 2.05) is 38.2 Å². The van der Waals surface area contributed by atoms with Crippen LogP contribution in [-0.4, -0.2) is 55.0 Å². The predicted molar refractivity (Wildman–Crippen MR) is 107 cm³/mol. The molecule has 0 spiro atoms. The van der Waals surface area contributed by atoms with Gasteiger partial charge in [-0.1, -0.05) is 0 Å². The molecule has 0 aliphatic carbocycles. The first-order chi connectivity index (χ1) is 10.1. The molecule has 0 saturated heterocycles. The summed E-state index contributed by atoms with van der Waals surface area (Å²) in [4.78, 5) is 6.50. The Bertz CT molecular complexity index is 623. The van der Waals surface area contributed by atoms with Crippen LogP contribution in [0.2, 0.25) is 0 Å². The van der Waals surface area contributed by atoms with Crippen LogP contribution in [0, 0.1) is 0 Å². The number of rotatable bonds is 6. The molecular formula is C15H29IN4O2S. The molecular weight excluding hydrogens is 427 g/mol. The Kier molecular flexibility index (Phi) is 8.61. The van der Waals surface area contributed by atoms with E-state index in [1.54, 1.807) is 13.8 Å². The summed E-state index contributed by atoms with van der Waals surface area (Å²) in [5, 5.41) is 3.21. The zero-order chi connectivity index (χ0) is 17.0. The van der Waals surface area contributed by atoms with Gasteiger partial charge in [-0.05, 0) is 32.9 Å². The summed E-state index contributed by atoms with van der Waals surface area (Å²) in [6.07, 6.45) is 3.25. The molecule has 8 heteroatoms. The van der Waals surface area contributed by atoms with Crippen LogP contribution in [0.25, 0.3) is 0 Å². The summed E-state index contributed by atoms with van der Waals surface area (Å²) in [5.41, 5.74) is 1.16. The van der Waals surface area contributed by atoms with Gasteiger partial charge in [0.2, 0.25) is 0 Å². The molecule has 0 unspecified atom stereocenters. The molecule has 134 valence electrons. The van der Waals surface area contributed by atoms with Crippen molar-refractivity contribution in [2.45, 2.75) is 32.1 Å². The third-order valence-electron chi connectivity index (χ3n) is 3.76. The Hall–Kier alpha value is -0.770. The maximum Gasteiger partial charge on any atom is 0.194 e. The van der Waals surface area contributed by atoms with Crippen molar-refractivity contribution in [2.24, 2.45) is 12.0 Å². The molecule has 0 radical (unpaired) electrons. The zero-order valence-corrected chi connectivity index (χ0v) is 18.0. The zero-order valence-electron chi connectivity index (χ0n) is 14.8. The summed E-state index contributed by atoms with van der Waals surface area (Å²) in [5.74, 6) is 0.709. The molecule has 23 heavy (non-hydrogen) atoms. The molecule has 0 atom stereocenters. The number of nitrogens with zero attached hydrogens (tertiary/aromatic N) is 3. The number of halogens is 1. The second-order valence-corrected chi connectivity index (χ2v) is 8.82. The van der Waals surface area contributed by atoms with E-state index < -0.39 is 14.6 Å². The minimum Gasteiger partial charge on any atom is -0.357 e. The molecule has 1 aromatic rings. The molecule has 0 aromatic carbocycles. The molecule has 1 heterocycles. The maximum absolute atomic E-state index is 11.8. The van der Waals surface area contributed by atoms with E-state index in [2.05, 4.69) is 20.9 Å². The van der Waals surface area contributed by atoms with E-state index in [0.717, 1.165) is 12.2 Å². The summed E-state index contributed by atoms with van der Waals surface area (Å²) < 4.78 is 24.8. The smallest absolute Gasteiger partial charge is 0.194 e. The SMILES string of the molecule is CCNC(=NCC(C)(C)S(C)(=O)=O)N(C)Cc1cccn1C.I. The summed E-state index contributed by atoms with van der Waals surface area (Å²) in [7, 11) is 0.794. The normalized spacial score (nSPS) is 12.7. The molecule has 6 nitrogen and oxygen atoms in total. The Balaban J connectivity index is 0.00000484. The van der Waals surface area contributed by atoms with Crippen molar-refractivity contribution in [3.8, 4) is 0 Å². The van der Waals surface area contributed by atoms with E-state index in [4.69, 9.17) is 0 Å². The second kappa shape index (κ2) is 8.91. The van der Waals surface area contributed by atoms with Gasteiger partial charge in [0.1, 0.15) is 0 Å². The van der Waals surface area contributed by atoms with Crippen molar-refractivity contribution in [2.75, 3.05) is 26.4 Å². The molecule has 0 amide bonds. The molecule has 0 aliphatic heterocycles. The van der Waals surface area contributed by atoms with Crippen LogP contribution in [0.1, 0.15) is 26.5 Å². The van der Waals surface area contributed by atoms with E-state index in [-0.39, 0.29) is 30.5 Å². The molecule has 1 rings (SSSR count). The lowest BCUT2D eigenvalue weighted by molar-refractivity contribution is 0.459. The Morgan fingerprint density at radius 2 is 2.04 bits per heavy atom. The highest BCUT2D eigenvalue weighted by molar-refractivity contribution is 14.0. The largest absolute Gasteiger partial charge is 0.357 e. The average molecular weight is 456 g/mol. The second-order valence-electron chi connectivity index (χ2n) is 6.17. The first kappa shape index (κ1) is 22.2. The molecule has 1 N–H and O–H groups in total. The van der Waals surface area contributed by atoms with Gasteiger partial charge in [-0.15, -0.1) is 24.0 Å². The summed E-state index contributed by atoms with van der Waals surface area (Å²) >= 11 is 0. The number of hydrogen-bond acceptors (Lipinski definition) is 3. The molecule has 0 saturated carbocycles.